The normalized spacial score (nSPS) is 10.5. The van der Waals surface area contributed by atoms with Crippen molar-refractivity contribution in [2.75, 3.05) is 23.9 Å². The second kappa shape index (κ2) is 6.31. The van der Waals surface area contributed by atoms with E-state index in [9.17, 15) is 17.6 Å². The highest BCUT2D eigenvalue weighted by atomic mass is 32.2. The number of sulfone groups is 1. The molecule has 1 rings (SSSR count). The van der Waals surface area contributed by atoms with Gasteiger partial charge < -0.3 is 10.4 Å². The van der Waals surface area contributed by atoms with E-state index < -0.39 is 27.3 Å². The van der Waals surface area contributed by atoms with Gasteiger partial charge in [-0.2, -0.15) is 0 Å². The van der Waals surface area contributed by atoms with Crippen molar-refractivity contribution < 1.29 is 22.7 Å². The van der Waals surface area contributed by atoms with Crippen LogP contribution in [-0.2, 0) is 14.6 Å². The van der Waals surface area contributed by atoms with E-state index >= 15 is 0 Å². The maximum Gasteiger partial charge on any atom is 0.239 e. The van der Waals surface area contributed by atoms with Gasteiger partial charge in [-0.15, -0.1) is 0 Å². The lowest BCUT2D eigenvalue weighted by Crippen LogP contribution is -2.21. The molecule has 0 fully saturated rings. The lowest BCUT2D eigenvalue weighted by molar-refractivity contribution is -0.113. The van der Waals surface area contributed by atoms with E-state index in [0.717, 1.165) is 12.3 Å². The first-order chi connectivity index (χ1) is 8.81. The van der Waals surface area contributed by atoms with Crippen LogP contribution in [0.1, 0.15) is 5.56 Å². The lowest BCUT2D eigenvalue weighted by Gasteiger charge is -2.05. The molecule has 0 atom stereocenters. The van der Waals surface area contributed by atoms with Gasteiger partial charge in [0.2, 0.25) is 5.91 Å². The first-order valence-electron chi connectivity index (χ1n) is 5.18. The number of carbonyl (C=O) groups is 1. The molecule has 7 heteroatoms. The van der Waals surface area contributed by atoms with E-state index in [2.05, 4.69) is 17.2 Å². The first-order valence-corrected chi connectivity index (χ1v) is 7.25. The van der Waals surface area contributed by atoms with E-state index in [1.165, 1.54) is 12.1 Å². The number of anilines is 1. The van der Waals surface area contributed by atoms with Gasteiger partial charge in [-0.25, -0.2) is 12.8 Å². The summed E-state index contributed by atoms with van der Waals surface area (Å²) < 4.78 is 35.3. The van der Waals surface area contributed by atoms with Crippen molar-refractivity contribution in [1.29, 1.82) is 0 Å². The summed E-state index contributed by atoms with van der Waals surface area (Å²) in [5, 5.41) is 10.8. The lowest BCUT2D eigenvalue weighted by atomic mass is 10.2. The molecule has 0 aliphatic heterocycles. The summed E-state index contributed by atoms with van der Waals surface area (Å²) in [5.74, 6) is 2.62. The summed E-state index contributed by atoms with van der Waals surface area (Å²) in [6.07, 6.45) is 0.931. The third-order valence-electron chi connectivity index (χ3n) is 1.95. The quantitative estimate of drug-likeness (QED) is 0.775. The summed E-state index contributed by atoms with van der Waals surface area (Å²) in [6.45, 7) is -0.383. The second-order valence-corrected chi connectivity index (χ2v) is 5.91. The topological polar surface area (TPSA) is 83.5 Å². The number of aliphatic hydroxyl groups excluding tert-OH is 1. The van der Waals surface area contributed by atoms with E-state index in [1.807, 2.05) is 0 Å². The Hall–Kier alpha value is -1.91. The molecule has 5 nitrogen and oxygen atoms in total. The van der Waals surface area contributed by atoms with Gasteiger partial charge in [-0.3, -0.25) is 4.79 Å². The second-order valence-electron chi connectivity index (χ2n) is 3.77. The molecule has 1 amide bonds. The molecule has 0 radical (unpaired) electrons. The Kier molecular flexibility index (Phi) is 5.03. The molecular formula is C12H12FNO4S. The highest BCUT2D eigenvalue weighted by Gasteiger charge is 2.11. The van der Waals surface area contributed by atoms with Gasteiger partial charge in [-0.05, 0) is 18.2 Å². The number of benzene rings is 1. The van der Waals surface area contributed by atoms with Gasteiger partial charge in [0, 0.05) is 11.9 Å². The molecule has 0 aliphatic carbocycles. The first kappa shape index (κ1) is 15.1. The highest BCUT2D eigenvalue weighted by molar-refractivity contribution is 7.91. The number of hydrogen-bond donors (Lipinski definition) is 2. The minimum Gasteiger partial charge on any atom is -0.384 e. The van der Waals surface area contributed by atoms with Crippen LogP contribution < -0.4 is 5.32 Å². The molecule has 102 valence electrons. The fraction of sp³-hybridized carbons (Fsp3) is 0.250. The van der Waals surface area contributed by atoms with Crippen molar-refractivity contribution >= 4 is 21.4 Å². The van der Waals surface area contributed by atoms with Crippen LogP contribution in [0.25, 0.3) is 0 Å². The Morgan fingerprint density at radius 1 is 1.47 bits per heavy atom. The van der Waals surface area contributed by atoms with Gasteiger partial charge in [-0.1, -0.05) is 11.8 Å². The number of aliphatic hydroxyl groups is 1. The maximum atomic E-state index is 13.5. The zero-order chi connectivity index (χ0) is 14.5. The maximum absolute atomic E-state index is 13.5. The summed E-state index contributed by atoms with van der Waals surface area (Å²) in [6, 6.07) is 3.75. The van der Waals surface area contributed by atoms with E-state index in [-0.39, 0.29) is 17.9 Å². The number of carbonyl (C=O) groups excluding carboxylic acids is 1. The molecule has 0 saturated heterocycles. The molecule has 0 bridgehead atoms. The van der Waals surface area contributed by atoms with E-state index in [1.54, 1.807) is 0 Å². The molecule has 0 spiro atoms. The van der Waals surface area contributed by atoms with Gasteiger partial charge >= 0.3 is 0 Å². The van der Waals surface area contributed by atoms with Crippen molar-refractivity contribution in [2.45, 2.75) is 0 Å². The average molecular weight is 285 g/mol. The van der Waals surface area contributed by atoms with E-state index in [0.29, 0.717) is 0 Å². The van der Waals surface area contributed by atoms with Crippen molar-refractivity contribution in [1.82, 2.24) is 0 Å². The van der Waals surface area contributed by atoms with Crippen LogP contribution in [-0.4, -0.2) is 38.0 Å². The minimum atomic E-state index is -3.43. The number of amides is 1. The average Bonchev–Trinajstić information content (AvgIpc) is 2.25. The Balaban J connectivity index is 2.82. The molecular weight excluding hydrogens is 273 g/mol. The standard InChI is InChI=1S/C12H12FNO4S/c1-19(17,18)8-12(16)14-10-5-4-9(3-2-6-15)11(13)7-10/h4-5,7,15H,6,8H2,1H3,(H,14,16). The monoisotopic (exact) mass is 285 g/mol. The minimum absolute atomic E-state index is 0.0789. The molecule has 0 saturated carbocycles. The van der Waals surface area contributed by atoms with Crippen LogP contribution in [0.5, 0.6) is 0 Å². The Morgan fingerprint density at radius 2 is 2.16 bits per heavy atom. The number of hydrogen-bond acceptors (Lipinski definition) is 4. The molecule has 2 N–H and O–H groups in total. The number of rotatable bonds is 3. The zero-order valence-corrected chi connectivity index (χ0v) is 10.9. The van der Waals surface area contributed by atoms with Gasteiger partial charge in [0.05, 0.1) is 5.56 Å². The van der Waals surface area contributed by atoms with Crippen LogP contribution in [0.2, 0.25) is 0 Å². The van der Waals surface area contributed by atoms with Crippen molar-refractivity contribution in [3.63, 3.8) is 0 Å². The Morgan fingerprint density at radius 3 is 2.68 bits per heavy atom. The summed E-state index contributed by atoms with van der Waals surface area (Å²) in [5.41, 5.74) is 0.218. The van der Waals surface area contributed by atoms with Crippen LogP contribution in [0.4, 0.5) is 10.1 Å². The van der Waals surface area contributed by atoms with Crippen LogP contribution in [0.15, 0.2) is 18.2 Å². The van der Waals surface area contributed by atoms with Crippen LogP contribution in [0, 0.1) is 17.7 Å². The fourth-order valence-corrected chi connectivity index (χ4v) is 1.81. The van der Waals surface area contributed by atoms with Crippen molar-refractivity contribution in [2.24, 2.45) is 0 Å². The summed E-state index contributed by atoms with van der Waals surface area (Å²) >= 11 is 0. The number of halogens is 1. The smallest absolute Gasteiger partial charge is 0.239 e. The Labute approximate surface area is 110 Å². The predicted molar refractivity (Wildman–Crippen MR) is 68.7 cm³/mol. The molecule has 19 heavy (non-hydrogen) atoms. The zero-order valence-electron chi connectivity index (χ0n) is 10.1. The largest absolute Gasteiger partial charge is 0.384 e. The predicted octanol–water partition coefficient (Wildman–Crippen LogP) is 0.153. The van der Waals surface area contributed by atoms with Crippen molar-refractivity contribution in [3.05, 3.63) is 29.6 Å². The molecule has 0 heterocycles. The van der Waals surface area contributed by atoms with Crippen molar-refractivity contribution in [3.8, 4) is 11.8 Å². The van der Waals surface area contributed by atoms with Crippen LogP contribution >= 0.6 is 0 Å². The van der Waals surface area contributed by atoms with Gasteiger partial charge in [0.15, 0.2) is 9.84 Å². The summed E-state index contributed by atoms with van der Waals surface area (Å²) in [4.78, 5) is 11.3. The molecule has 0 aliphatic rings. The number of nitrogens with one attached hydrogen (secondary N) is 1. The molecule has 0 aromatic heterocycles. The van der Waals surface area contributed by atoms with Crippen LogP contribution in [0.3, 0.4) is 0 Å². The SMILES string of the molecule is CS(=O)(=O)CC(=O)Nc1ccc(C#CCO)c(F)c1. The Bertz CT molecular complexity index is 643. The molecule has 1 aromatic rings. The van der Waals surface area contributed by atoms with E-state index in [4.69, 9.17) is 5.11 Å². The third-order valence-corrected chi connectivity index (χ3v) is 2.73. The van der Waals surface area contributed by atoms with Gasteiger partial charge in [0.1, 0.15) is 18.2 Å². The summed E-state index contributed by atoms with van der Waals surface area (Å²) in [7, 11) is -3.43. The third kappa shape index (κ3) is 5.50. The molecule has 0 unspecified atom stereocenters. The molecule has 1 aromatic carbocycles. The fourth-order valence-electron chi connectivity index (χ4n) is 1.26. The highest BCUT2D eigenvalue weighted by Crippen LogP contribution is 2.13. The van der Waals surface area contributed by atoms with Gasteiger partial charge in [0.25, 0.3) is 0 Å².